The van der Waals surface area contributed by atoms with Crippen LogP contribution in [0.5, 0.6) is 17.2 Å². The van der Waals surface area contributed by atoms with Gasteiger partial charge in [0, 0.05) is 34.6 Å². The third-order valence-electron chi connectivity index (χ3n) is 13.2. The number of rotatable bonds is 12. The van der Waals surface area contributed by atoms with Crippen molar-refractivity contribution in [1.29, 1.82) is 0 Å². The second kappa shape index (κ2) is 17.0. The van der Waals surface area contributed by atoms with Gasteiger partial charge in [-0.25, -0.2) is 4.79 Å². The van der Waals surface area contributed by atoms with E-state index in [4.69, 9.17) is 34.7 Å². The molecule has 0 radical (unpaired) electrons. The summed E-state index contributed by atoms with van der Waals surface area (Å²) in [6.45, 7) is 7.25. The van der Waals surface area contributed by atoms with Crippen LogP contribution in [-0.2, 0) is 42.1 Å². The monoisotopic (exact) mass is 842 g/mol. The Bertz CT molecular complexity index is 2270. The summed E-state index contributed by atoms with van der Waals surface area (Å²) in [6, 6.07) is 20.3. The molecule has 3 aromatic carbocycles. The molecule has 0 amide bonds. The van der Waals surface area contributed by atoms with Crippen molar-refractivity contribution in [2.75, 3.05) is 32.2 Å². The number of hydrogen-bond acceptors (Lipinski definition) is 10. The van der Waals surface area contributed by atoms with Crippen molar-refractivity contribution in [2.45, 2.75) is 113 Å². The Morgan fingerprint density at radius 1 is 1.03 bits per heavy atom. The van der Waals surface area contributed by atoms with Crippen LogP contribution in [0, 0.1) is 18.8 Å². The number of halogens is 1. The number of pyridine rings is 1. The lowest BCUT2D eigenvalue weighted by atomic mass is 9.59. The maximum atomic E-state index is 13.7. The van der Waals surface area contributed by atoms with Gasteiger partial charge in [-0.15, -0.1) is 0 Å². The lowest BCUT2D eigenvalue weighted by Gasteiger charge is -2.47. The fourth-order valence-electron chi connectivity index (χ4n) is 10.1. The number of ether oxygens (including phenoxy) is 4. The zero-order chi connectivity index (χ0) is 41.4. The smallest absolute Gasteiger partial charge is 0.331 e. The van der Waals surface area contributed by atoms with Crippen molar-refractivity contribution in [3.05, 3.63) is 106 Å². The van der Waals surface area contributed by atoms with Crippen LogP contribution >= 0.6 is 11.6 Å². The Morgan fingerprint density at radius 2 is 1.83 bits per heavy atom. The molecule has 8 rings (SSSR count). The van der Waals surface area contributed by atoms with Gasteiger partial charge < -0.3 is 24.3 Å². The minimum atomic E-state index is -3.96. The molecule has 4 atom stereocenters. The van der Waals surface area contributed by atoms with Gasteiger partial charge in [0.1, 0.15) is 24.0 Å². The van der Waals surface area contributed by atoms with Gasteiger partial charge in [0.2, 0.25) is 0 Å². The predicted molar refractivity (Wildman–Crippen MR) is 227 cm³/mol. The van der Waals surface area contributed by atoms with Gasteiger partial charge in [-0.3, -0.25) is 9.17 Å². The van der Waals surface area contributed by atoms with Crippen LogP contribution in [-0.4, -0.2) is 57.9 Å². The molecule has 1 spiro atoms. The molecule has 0 unspecified atom stereocenters. The van der Waals surface area contributed by atoms with Crippen LogP contribution < -0.4 is 19.5 Å². The number of carbonyl (C=O) groups excluding carboxylic acids is 1. The number of aryl methyl sites for hydroxylation is 2. The molecule has 314 valence electrons. The number of anilines is 1. The number of methoxy groups -OCH3 is 1. The Balaban J connectivity index is 1.05. The van der Waals surface area contributed by atoms with Crippen molar-refractivity contribution in [3.63, 3.8) is 0 Å². The van der Waals surface area contributed by atoms with E-state index in [-0.39, 0.29) is 34.7 Å². The number of carbonyl (C=O) groups is 1. The minimum absolute atomic E-state index is 0.114. The molecule has 10 nitrogen and oxygen atoms in total. The van der Waals surface area contributed by atoms with E-state index in [9.17, 15) is 13.2 Å². The molecule has 1 saturated carbocycles. The van der Waals surface area contributed by atoms with E-state index < -0.39 is 21.8 Å². The Kier molecular flexibility index (Phi) is 11.9. The molecular formula is C47H55ClN2O8S. The molecule has 4 aromatic rings. The summed E-state index contributed by atoms with van der Waals surface area (Å²) in [6.07, 6.45) is 9.49. The summed E-state index contributed by atoms with van der Waals surface area (Å²) in [4.78, 5) is 18.5. The average molecular weight is 843 g/mol. The maximum Gasteiger partial charge on any atom is 0.331 e. The van der Waals surface area contributed by atoms with E-state index in [1.54, 1.807) is 24.3 Å². The predicted octanol–water partition coefficient (Wildman–Crippen LogP) is 9.53. The molecule has 2 heterocycles. The van der Waals surface area contributed by atoms with E-state index in [0.717, 1.165) is 67.6 Å². The van der Waals surface area contributed by atoms with Crippen molar-refractivity contribution in [2.24, 2.45) is 11.8 Å². The first-order valence-corrected chi connectivity index (χ1v) is 22.8. The van der Waals surface area contributed by atoms with Crippen molar-refractivity contribution in [1.82, 2.24) is 4.98 Å². The third-order valence-corrected chi connectivity index (χ3v) is 14.8. The number of nitrogens with one attached hydrogen (secondary N) is 1. The maximum absolute atomic E-state index is 13.7. The fraction of sp³-hybridized carbons (Fsp3) is 0.489. The molecule has 4 aliphatic rings. The van der Waals surface area contributed by atoms with Crippen molar-refractivity contribution >= 4 is 33.4 Å². The molecule has 3 aliphatic carbocycles. The van der Waals surface area contributed by atoms with Crippen LogP contribution in [0.4, 0.5) is 5.69 Å². The normalized spacial score (nSPS) is 25.3. The second-order valence-corrected chi connectivity index (χ2v) is 19.3. The van der Waals surface area contributed by atoms with Gasteiger partial charge in [0.05, 0.1) is 25.2 Å². The van der Waals surface area contributed by atoms with Crippen LogP contribution in [0.15, 0.2) is 77.8 Å². The van der Waals surface area contributed by atoms with E-state index in [0.29, 0.717) is 54.9 Å². The van der Waals surface area contributed by atoms with Gasteiger partial charge in [-0.1, -0.05) is 49.2 Å². The number of esters is 1. The standard InChI is InChI=1S/C47H55ClN2O8S/c1-30-11-13-38(14-12-30)59(52,53)57-29-37-16-22-55-42-27-39-33(25-43(42)58-37)24-34(23-31(2)28-56-41-15-21-49-40-10-5-7-32(3)44(40)41)46(39)17-19-47(20-18-46,45(51)54-4)50-36-9-6-8-35(48)26-36/h6,8-9,11-15,21,25-27,31-32,34,37,50H,5,7,10,16-20,22-24,28-29H2,1-4H3/t31-,32-,34+,37-,46?,47?/m1/s1. The topological polar surface area (TPSA) is 122 Å². The summed E-state index contributed by atoms with van der Waals surface area (Å²) < 4.78 is 56.5. The van der Waals surface area contributed by atoms with Gasteiger partial charge in [-0.05, 0) is 148 Å². The number of hydrogen-bond donors (Lipinski definition) is 1. The lowest BCUT2D eigenvalue weighted by molar-refractivity contribution is -0.148. The highest BCUT2D eigenvalue weighted by Crippen LogP contribution is 2.58. The van der Waals surface area contributed by atoms with E-state index in [1.807, 2.05) is 43.5 Å². The van der Waals surface area contributed by atoms with Crippen LogP contribution in [0.25, 0.3) is 0 Å². The molecule has 0 saturated heterocycles. The van der Waals surface area contributed by atoms with Crippen molar-refractivity contribution < 1.29 is 36.3 Å². The molecule has 1 aromatic heterocycles. The van der Waals surface area contributed by atoms with E-state index in [1.165, 1.54) is 23.8 Å². The quantitative estimate of drug-likeness (QED) is 0.109. The van der Waals surface area contributed by atoms with Crippen LogP contribution in [0.2, 0.25) is 5.02 Å². The molecule has 1 fully saturated rings. The summed E-state index contributed by atoms with van der Waals surface area (Å²) >= 11 is 6.37. The fourth-order valence-corrected chi connectivity index (χ4v) is 11.2. The summed E-state index contributed by atoms with van der Waals surface area (Å²) in [5.74, 6) is 2.83. The zero-order valence-corrected chi connectivity index (χ0v) is 36.0. The highest BCUT2D eigenvalue weighted by Gasteiger charge is 2.55. The molecular weight excluding hydrogens is 788 g/mol. The van der Waals surface area contributed by atoms with Gasteiger partial charge in [0.25, 0.3) is 10.1 Å². The number of benzene rings is 3. The van der Waals surface area contributed by atoms with Crippen LogP contribution in [0.3, 0.4) is 0 Å². The SMILES string of the molecule is COC(=O)C1(Nc2cccc(Cl)c2)CCC2(CC1)c1cc3c(cc1C[C@@H]2C[C@@H](C)COc1ccnc2c1[C@H](C)CCC2)O[C@@H](COS(=O)(=O)c1ccc(C)cc1)CCO3. The van der Waals surface area contributed by atoms with E-state index >= 15 is 0 Å². The number of fused-ring (bicyclic) bond motifs is 4. The Labute approximate surface area is 353 Å². The Morgan fingerprint density at radius 3 is 2.59 bits per heavy atom. The largest absolute Gasteiger partial charge is 0.493 e. The molecule has 12 heteroatoms. The molecule has 1 aliphatic heterocycles. The molecule has 1 N–H and O–H groups in total. The van der Waals surface area contributed by atoms with Crippen molar-refractivity contribution in [3.8, 4) is 17.2 Å². The minimum Gasteiger partial charge on any atom is -0.493 e. The van der Waals surface area contributed by atoms with Gasteiger partial charge >= 0.3 is 5.97 Å². The highest BCUT2D eigenvalue weighted by atomic mass is 35.5. The first-order chi connectivity index (χ1) is 28.4. The number of nitrogens with zero attached hydrogens (tertiary/aromatic N) is 1. The lowest BCUT2D eigenvalue weighted by Crippen LogP contribution is -2.53. The number of aromatic nitrogens is 1. The highest BCUT2D eigenvalue weighted by molar-refractivity contribution is 7.86. The zero-order valence-electron chi connectivity index (χ0n) is 34.4. The molecule has 59 heavy (non-hydrogen) atoms. The van der Waals surface area contributed by atoms with E-state index in [2.05, 4.69) is 36.3 Å². The molecule has 0 bridgehead atoms. The summed E-state index contributed by atoms with van der Waals surface area (Å²) in [5.41, 5.74) is 5.42. The second-order valence-electron chi connectivity index (χ2n) is 17.3. The summed E-state index contributed by atoms with van der Waals surface area (Å²) in [5, 5.41) is 4.15. The average Bonchev–Trinajstić information content (AvgIpc) is 3.34. The Hall–Kier alpha value is -4.32. The third kappa shape index (κ3) is 8.53. The summed E-state index contributed by atoms with van der Waals surface area (Å²) in [7, 11) is -2.51. The first-order valence-electron chi connectivity index (χ1n) is 21.0. The van der Waals surface area contributed by atoms with Crippen LogP contribution in [0.1, 0.15) is 99.1 Å². The first kappa shape index (κ1) is 41.4. The van der Waals surface area contributed by atoms with Gasteiger partial charge in [-0.2, -0.15) is 8.42 Å². The van der Waals surface area contributed by atoms with Gasteiger partial charge in [0.15, 0.2) is 11.5 Å².